The van der Waals surface area contributed by atoms with Crippen LogP contribution >= 0.6 is 11.6 Å². The highest BCUT2D eigenvalue weighted by atomic mass is 35.5. The topological polar surface area (TPSA) is 84.1 Å². The Kier molecular flexibility index (Phi) is 7.09. The predicted octanol–water partition coefficient (Wildman–Crippen LogP) is 6.66. The van der Waals surface area contributed by atoms with Gasteiger partial charge in [0.05, 0.1) is 28.7 Å². The molecule has 5 rings (SSSR count). The number of carbonyl (C=O) groups excluding carboxylic acids is 1. The van der Waals surface area contributed by atoms with Crippen LogP contribution in [0.5, 0.6) is 0 Å². The van der Waals surface area contributed by atoms with Gasteiger partial charge in [0.25, 0.3) is 0 Å². The fourth-order valence-electron chi connectivity index (χ4n) is 4.73. The molecule has 1 aliphatic rings. The minimum absolute atomic E-state index is 0.0291. The normalized spacial score (nSPS) is 15.7. The molecule has 4 aromatic rings. The van der Waals surface area contributed by atoms with Crippen LogP contribution in [0, 0.1) is 12.7 Å². The van der Waals surface area contributed by atoms with Crippen LogP contribution in [0.25, 0.3) is 22.0 Å². The third-order valence-corrected chi connectivity index (χ3v) is 7.30. The smallest absolute Gasteiger partial charge is 0.166 e. The first-order valence-electron chi connectivity index (χ1n) is 12.5. The molecule has 37 heavy (non-hydrogen) atoms. The molecule has 3 N–H and O–H groups in total. The van der Waals surface area contributed by atoms with E-state index in [1.165, 1.54) is 6.07 Å². The quantitative estimate of drug-likeness (QED) is 0.278. The first-order chi connectivity index (χ1) is 17.8. The van der Waals surface area contributed by atoms with E-state index in [2.05, 4.69) is 20.2 Å². The fourth-order valence-corrected chi connectivity index (χ4v) is 4.94. The van der Waals surface area contributed by atoms with E-state index in [9.17, 15) is 9.18 Å². The molecule has 0 amide bonds. The van der Waals surface area contributed by atoms with Gasteiger partial charge in [-0.15, -0.1) is 0 Å². The molecule has 2 aromatic heterocycles. The average Bonchev–Trinajstić information content (AvgIpc) is 2.91. The Morgan fingerprint density at radius 3 is 2.70 bits per heavy atom. The van der Waals surface area contributed by atoms with Crippen LogP contribution < -0.4 is 16.0 Å². The summed E-state index contributed by atoms with van der Waals surface area (Å²) < 4.78 is 14.4. The minimum Gasteiger partial charge on any atom is -0.355 e. The number of nitrogens with one attached hydrogen (secondary N) is 1. The van der Waals surface area contributed by atoms with Gasteiger partial charge in [0.15, 0.2) is 5.78 Å². The van der Waals surface area contributed by atoms with Crippen molar-refractivity contribution in [2.24, 2.45) is 5.73 Å². The molecule has 3 heterocycles. The monoisotopic (exact) mass is 517 g/mol. The largest absolute Gasteiger partial charge is 0.355 e. The molecule has 6 nitrogen and oxygen atoms in total. The first kappa shape index (κ1) is 25.1. The van der Waals surface area contributed by atoms with Crippen molar-refractivity contribution in [1.29, 1.82) is 0 Å². The Morgan fingerprint density at radius 1 is 1.16 bits per heavy atom. The lowest BCUT2D eigenvalue weighted by atomic mass is 9.98. The van der Waals surface area contributed by atoms with Gasteiger partial charge in [-0.05, 0) is 67.3 Å². The summed E-state index contributed by atoms with van der Waals surface area (Å²) in [4.78, 5) is 24.2. The lowest BCUT2D eigenvalue weighted by molar-refractivity contribution is 0.0988. The number of carbonyl (C=O) groups is 1. The Balaban J connectivity index is 1.55. The zero-order valence-electron chi connectivity index (χ0n) is 20.9. The fraction of sp³-hybridized carbons (Fsp3) is 0.276. The maximum absolute atomic E-state index is 14.4. The van der Waals surface area contributed by atoms with Gasteiger partial charge in [-0.25, -0.2) is 9.37 Å². The van der Waals surface area contributed by atoms with E-state index in [0.717, 1.165) is 48.4 Å². The van der Waals surface area contributed by atoms with Crippen LogP contribution in [-0.4, -0.2) is 34.9 Å². The highest BCUT2D eigenvalue weighted by molar-refractivity contribution is 6.31. The number of rotatable bonds is 6. The zero-order chi connectivity index (χ0) is 26.1. The molecular formula is C29H29ClFN5O. The van der Waals surface area contributed by atoms with Crippen LogP contribution in [0.15, 0.2) is 54.9 Å². The molecule has 2 aromatic carbocycles. The Labute approximate surface area is 220 Å². The number of hydrogen-bond donors (Lipinski definition) is 2. The minimum atomic E-state index is -0.366. The van der Waals surface area contributed by atoms with E-state index in [-0.39, 0.29) is 17.6 Å². The maximum atomic E-state index is 14.4. The van der Waals surface area contributed by atoms with E-state index in [1.807, 2.05) is 37.3 Å². The van der Waals surface area contributed by atoms with Crippen molar-refractivity contribution in [3.63, 3.8) is 0 Å². The van der Waals surface area contributed by atoms with E-state index >= 15 is 0 Å². The Bertz CT molecular complexity index is 1450. The molecule has 0 bridgehead atoms. The first-order valence-corrected chi connectivity index (χ1v) is 12.9. The molecular weight excluding hydrogens is 489 g/mol. The lowest BCUT2D eigenvalue weighted by Gasteiger charge is -2.31. The summed E-state index contributed by atoms with van der Waals surface area (Å²) in [7, 11) is 0. The number of benzene rings is 2. The highest BCUT2D eigenvalue weighted by Gasteiger charge is 2.19. The van der Waals surface area contributed by atoms with Crippen molar-refractivity contribution in [2.75, 3.05) is 23.3 Å². The molecule has 0 spiro atoms. The van der Waals surface area contributed by atoms with Gasteiger partial charge >= 0.3 is 0 Å². The van der Waals surface area contributed by atoms with Gasteiger partial charge in [0.2, 0.25) is 0 Å². The summed E-state index contributed by atoms with van der Waals surface area (Å²) in [6.07, 6.45) is 5.79. The Morgan fingerprint density at radius 2 is 2.00 bits per heavy atom. The van der Waals surface area contributed by atoms with Gasteiger partial charge in [0.1, 0.15) is 11.6 Å². The van der Waals surface area contributed by atoms with Crippen LogP contribution in [0.4, 0.5) is 21.6 Å². The number of aromatic nitrogens is 2. The summed E-state index contributed by atoms with van der Waals surface area (Å²) in [6, 6.07) is 12.9. The second-order valence-corrected chi connectivity index (χ2v) is 9.91. The number of Topliss-reactive ketones (excluding diaryl/α,β-unsaturated/α-hetero) is 1. The van der Waals surface area contributed by atoms with Crippen molar-refractivity contribution in [3.8, 4) is 11.1 Å². The van der Waals surface area contributed by atoms with Gasteiger partial charge < -0.3 is 16.0 Å². The molecule has 1 atom stereocenters. The molecule has 8 heteroatoms. The number of piperidine rings is 1. The van der Waals surface area contributed by atoms with Crippen molar-refractivity contribution < 1.29 is 9.18 Å². The molecule has 1 fully saturated rings. The number of nitrogens with zero attached hydrogens (tertiary/aromatic N) is 3. The standard InChI is InChI=1S/C29H29ClFN5O/c1-3-27(37)23-15-33-26-8-6-18(19-12-24(30)17(2)25(31)13-19)11-22(26)29(23)35-21-7-9-28(34-14-21)36-10-4-5-20(32)16-36/h6-9,11-15,20H,3-5,10,16,32H2,1-2H3,(H,33,35). The van der Waals surface area contributed by atoms with E-state index in [1.54, 1.807) is 25.4 Å². The molecule has 190 valence electrons. The number of hydrogen-bond acceptors (Lipinski definition) is 6. The van der Waals surface area contributed by atoms with Crippen molar-refractivity contribution in [1.82, 2.24) is 9.97 Å². The van der Waals surface area contributed by atoms with Crippen LogP contribution in [0.3, 0.4) is 0 Å². The molecule has 1 saturated heterocycles. The summed E-state index contributed by atoms with van der Waals surface area (Å²) in [6.45, 7) is 5.19. The van der Waals surface area contributed by atoms with E-state index in [4.69, 9.17) is 17.3 Å². The van der Waals surface area contributed by atoms with Gasteiger partial charge in [0, 0.05) is 47.7 Å². The molecule has 0 radical (unpaired) electrons. The van der Waals surface area contributed by atoms with Crippen LogP contribution in [-0.2, 0) is 0 Å². The number of anilines is 3. The third-order valence-electron chi connectivity index (χ3n) is 6.90. The molecule has 0 saturated carbocycles. The second-order valence-electron chi connectivity index (χ2n) is 9.50. The number of fused-ring (bicyclic) bond motifs is 1. The lowest BCUT2D eigenvalue weighted by Crippen LogP contribution is -2.43. The summed E-state index contributed by atoms with van der Waals surface area (Å²) >= 11 is 6.26. The third kappa shape index (κ3) is 5.15. The van der Waals surface area contributed by atoms with Crippen molar-refractivity contribution in [3.05, 3.63) is 76.8 Å². The zero-order valence-corrected chi connectivity index (χ0v) is 21.6. The van der Waals surface area contributed by atoms with E-state index in [0.29, 0.717) is 39.3 Å². The highest BCUT2D eigenvalue weighted by Crippen LogP contribution is 2.35. The van der Waals surface area contributed by atoms with Gasteiger partial charge in [-0.1, -0.05) is 24.6 Å². The van der Waals surface area contributed by atoms with Gasteiger partial charge in [-0.3, -0.25) is 9.78 Å². The molecule has 1 aliphatic heterocycles. The molecule has 0 aliphatic carbocycles. The van der Waals surface area contributed by atoms with Crippen molar-refractivity contribution in [2.45, 2.75) is 39.2 Å². The van der Waals surface area contributed by atoms with Crippen LogP contribution in [0.2, 0.25) is 5.02 Å². The van der Waals surface area contributed by atoms with E-state index < -0.39 is 0 Å². The predicted molar refractivity (Wildman–Crippen MR) is 148 cm³/mol. The number of pyridine rings is 2. The summed E-state index contributed by atoms with van der Waals surface area (Å²) in [5.41, 5.74) is 10.6. The van der Waals surface area contributed by atoms with Crippen LogP contribution in [0.1, 0.15) is 42.1 Å². The average molecular weight is 518 g/mol. The Hall–Kier alpha value is -3.55. The summed E-state index contributed by atoms with van der Waals surface area (Å²) in [5.74, 6) is 0.485. The van der Waals surface area contributed by atoms with Gasteiger partial charge in [-0.2, -0.15) is 0 Å². The second kappa shape index (κ2) is 10.4. The number of nitrogens with two attached hydrogens (primary N) is 1. The molecule has 1 unspecified atom stereocenters. The number of ketones is 1. The summed E-state index contributed by atoms with van der Waals surface area (Å²) in [5, 5.41) is 4.53. The number of halogens is 2. The SMILES string of the molecule is CCC(=O)c1cnc2ccc(-c3cc(F)c(C)c(Cl)c3)cc2c1Nc1ccc(N2CCCC(N)C2)nc1. The van der Waals surface area contributed by atoms with Crippen molar-refractivity contribution >= 4 is 45.5 Å². The maximum Gasteiger partial charge on any atom is 0.166 e.